The van der Waals surface area contributed by atoms with Crippen molar-refractivity contribution in [1.82, 2.24) is 9.80 Å². The highest BCUT2D eigenvalue weighted by Crippen LogP contribution is 2.33. The molecular weight excluding hydrogens is 396 g/mol. The van der Waals surface area contributed by atoms with Crippen molar-refractivity contribution in [2.75, 3.05) is 40.4 Å². The van der Waals surface area contributed by atoms with Crippen LogP contribution in [0.25, 0.3) is 21.9 Å². The van der Waals surface area contributed by atoms with Crippen LogP contribution >= 0.6 is 0 Å². The number of benzene rings is 3. The lowest BCUT2D eigenvalue weighted by atomic mass is 9.97. The van der Waals surface area contributed by atoms with Crippen LogP contribution in [-0.4, -0.2) is 67.3 Å². The van der Waals surface area contributed by atoms with Crippen LogP contribution in [-0.2, 0) is 0 Å². The van der Waals surface area contributed by atoms with E-state index in [1.165, 1.54) is 4.90 Å². The van der Waals surface area contributed by atoms with Crippen LogP contribution < -0.4 is 9.47 Å². The fraction of sp³-hybridized carbons (Fsp3) is 0.250. The Labute approximate surface area is 180 Å². The Balaban J connectivity index is 1.71. The summed E-state index contributed by atoms with van der Waals surface area (Å²) in [6, 6.07) is 17.5. The van der Waals surface area contributed by atoms with E-state index in [9.17, 15) is 9.59 Å². The van der Waals surface area contributed by atoms with Crippen LogP contribution in [0.5, 0.6) is 11.5 Å². The van der Waals surface area contributed by atoms with Gasteiger partial charge in [-0.1, -0.05) is 30.3 Å². The summed E-state index contributed by atoms with van der Waals surface area (Å²) in [6.45, 7) is 1.31. The van der Waals surface area contributed by atoms with Gasteiger partial charge in [-0.2, -0.15) is 0 Å². The minimum atomic E-state index is -0.958. The maximum atomic E-state index is 13.4. The minimum Gasteiger partial charge on any atom is -0.497 e. The number of nitrogens with zero attached hydrogens (tertiary/aromatic N) is 2. The molecule has 3 aromatic rings. The second kappa shape index (κ2) is 8.55. The third-order valence-electron chi connectivity index (χ3n) is 5.66. The molecule has 31 heavy (non-hydrogen) atoms. The molecule has 1 saturated heterocycles. The molecule has 7 heteroatoms. The van der Waals surface area contributed by atoms with Crippen LogP contribution in [0.2, 0.25) is 0 Å². The van der Waals surface area contributed by atoms with Gasteiger partial charge in [0.2, 0.25) is 0 Å². The second-order valence-electron chi connectivity index (χ2n) is 7.37. The third-order valence-corrected chi connectivity index (χ3v) is 5.66. The number of piperazine rings is 1. The molecule has 3 aromatic carbocycles. The minimum absolute atomic E-state index is 0.151. The van der Waals surface area contributed by atoms with Crippen molar-refractivity contribution >= 4 is 22.8 Å². The monoisotopic (exact) mass is 420 g/mol. The molecule has 1 N–H and O–H groups in total. The Bertz CT molecular complexity index is 1140. The SMILES string of the molecule is COc1cccc(-c2ccc3c(C(=O)N4CCN(C(=O)O)CC4)c(OC)ccc3c2)c1. The Morgan fingerprint density at radius 1 is 0.839 bits per heavy atom. The van der Waals surface area contributed by atoms with Gasteiger partial charge in [0.05, 0.1) is 19.8 Å². The number of fused-ring (bicyclic) bond motifs is 1. The average molecular weight is 420 g/mol. The highest BCUT2D eigenvalue weighted by molar-refractivity contribution is 6.10. The Hall–Kier alpha value is -3.74. The van der Waals surface area contributed by atoms with Gasteiger partial charge in [-0.3, -0.25) is 4.79 Å². The maximum absolute atomic E-state index is 13.4. The van der Waals surface area contributed by atoms with E-state index >= 15 is 0 Å². The molecule has 7 nitrogen and oxygen atoms in total. The highest BCUT2D eigenvalue weighted by Gasteiger charge is 2.27. The van der Waals surface area contributed by atoms with E-state index in [0.717, 1.165) is 27.6 Å². The molecule has 0 atom stereocenters. The zero-order valence-corrected chi connectivity index (χ0v) is 17.5. The molecule has 0 bridgehead atoms. The number of hydrogen-bond donors (Lipinski definition) is 1. The summed E-state index contributed by atoms with van der Waals surface area (Å²) in [7, 11) is 3.19. The molecule has 0 spiro atoms. The van der Waals surface area contributed by atoms with Crippen molar-refractivity contribution in [2.45, 2.75) is 0 Å². The molecule has 0 unspecified atom stereocenters. The number of hydrogen-bond acceptors (Lipinski definition) is 4. The fourth-order valence-corrected chi connectivity index (χ4v) is 3.94. The molecule has 1 aliphatic rings. The molecule has 0 aromatic heterocycles. The van der Waals surface area contributed by atoms with Gasteiger partial charge in [0.1, 0.15) is 11.5 Å². The zero-order valence-electron chi connectivity index (χ0n) is 17.5. The Kier molecular flexibility index (Phi) is 5.66. The molecule has 160 valence electrons. The molecule has 1 aliphatic heterocycles. The standard InChI is InChI=1S/C24H24N2O5/c1-30-19-5-3-4-16(15-19)17-6-8-20-18(14-17)7-9-21(31-2)22(20)23(27)25-10-12-26(13-11-25)24(28)29/h3-9,14-15H,10-13H2,1-2H3,(H,28,29). The van der Waals surface area contributed by atoms with E-state index in [2.05, 4.69) is 0 Å². The highest BCUT2D eigenvalue weighted by atomic mass is 16.5. The molecule has 1 fully saturated rings. The lowest BCUT2D eigenvalue weighted by Crippen LogP contribution is -2.50. The third kappa shape index (κ3) is 3.99. The van der Waals surface area contributed by atoms with E-state index in [0.29, 0.717) is 37.5 Å². The molecule has 0 aliphatic carbocycles. The molecule has 1 heterocycles. The first kappa shape index (κ1) is 20.5. The van der Waals surface area contributed by atoms with E-state index in [-0.39, 0.29) is 5.91 Å². The molecule has 0 saturated carbocycles. The predicted molar refractivity (Wildman–Crippen MR) is 118 cm³/mol. The van der Waals surface area contributed by atoms with Crippen LogP contribution in [0.1, 0.15) is 10.4 Å². The summed E-state index contributed by atoms with van der Waals surface area (Å²) in [5.41, 5.74) is 2.54. The van der Waals surface area contributed by atoms with Gasteiger partial charge in [0.25, 0.3) is 5.91 Å². The number of methoxy groups -OCH3 is 2. The van der Waals surface area contributed by atoms with Crippen LogP contribution in [0.15, 0.2) is 54.6 Å². The van der Waals surface area contributed by atoms with E-state index in [1.54, 1.807) is 25.2 Å². The number of carbonyl (C=O) groups excluding carboxylic acids is 1. The lowest BCUT2D eigenvalue weighted by Gasteiger charge is -2.33. The summed E-state index contributed by atoms with van der Waals surface area (Å²) in [5.74, 6) is 1.14. The van der Waals surface area contributed by atoms with Gasteiger partial charge >= 0.3 is 6.09 Å². The zero-order chi connectivity index (χ0) is 22.0. The molecule has 4 rings (SSSR count). The van der Waals surface area contributed by atoms with Crippen LogP contribution in [0, 0.1) is 0 Å². The predicted octanol–water partition coefficient (Wildman–Crippen LogP) is 3.96. The number of carbonyl (C=O) groups is 2. The number of amides is 2. The fourth-order valence-electron chi connectivity index (χ4n) is 3.94. The van der Waals surface area contributed by atoms with Gasteiger partial charge in [-0.25, -0.2) is 4.79 Å². The summed E-state index contributed by atoms with van der Waals surface area (Å²) >= 11 is 0. The van der Waals surface area contributed by atoms with E-state index < -0.39 is 6.09 Å². The van der Waals surface area contributed by atoms with Gasteiger partial charge in [-0.15, -0.1) is 0 Å². The largest absolute Gasteiger partial charge is 0.497 e. The van der Waals surface area contributed by atoms with Crippen molar-refractivity contribution in [3.05, 3.63) is 60.2 Å². The number of carboxylic acid groups (broad SMARTS) is 1. The summed E-state index contributed by atoms with van der Waals surface area (Å²) < 4.78 is 10.8. The van der Waals surface area contributed by atoms with Gasteiger partial charge in [0, 0.05) is 26.2 Å². The van der Waals surface area contributed by atoms with Crippen molar-refractivity contribution in [1.29, 1.82) is 0 Å². The summed E-state index contributed by atoms with van der Waals surface area (Å²) in [4.78, 5) is 27.5. The van der Waals surface area contributed by atoms with Gasteiger partial charge < -0.3 is 24.4 Å². The van der Waals surface area contributed by atoms with Gasteiger partial charge in [-0.05, 0) is 46.2 Å². The van der Waals surface area contributed by atoms with E-state index in [1.807, 2.05) is 48.5 Å². The van der Waals surface area contributed by atoms with Crippen molar-refractivity contribution in [2.24, 2.45) is 0 Å². The lowest BCUT2D eigenvalue weighted by molar-refractivity contribution is 0.0623. The van der Waals surface area contributed by atoms with Gasteiger partial charge in [0.15, 0.2) is 0 Å². The first-order valence-corrected chi connectivity index (χ1v) is 10.0. The summed E-state index contributed by atoms with van der Waals surface area (Å²) in [5, 5.41) is 10.9. The Morgan fingerprint density at radius 3 is 2.23 bits per heavy atom. The van der Waals surface area contributed by atoms with Crippen molar-refractivity contribution in [3.8, 4) is 22.6 Å². The quantitative estimate of drug-likeness (QED) is 0.691. The van der Waals surface area contributed by atoms with Crippen LogP contribution in [0.3, 0.4) is 0 Å². The maximum Gasteiger partial charge on any atom is 0.407 e. The average Bonchev–Trinajstić information content (AvgIpc) is 2.82. The second-order valence-corrected chi connectivity index (χ2v) is 7.37. The summed E-state index contributed by atoms with van der Waals surface area (Å²) in [6.07, 6.45) is -0.958. The number of rotatable bonds is 4. The van der Waals surface area contributed by atoms with Crippen molar-refractivity contribution < 1.29 is 24.2 Å². The first-order valence-electron chi connectivity index (χ1n) is 10.0. The normalized spacial score (nSPS) is 13.9. The number of ether oxygens (including phenoxy) is 2. The van der Waals surface area contributed by atoms with Crippen LogP contribution in [0.4, 0.5) is 4.79 Å². The topological polar surface area (TPSA) is 79.3 Å². The first-order chi connectivity index (χ1) is 15.0. The Morgan fingerprint density at radius 2 is 1.55 bits per heavy atom. The smallest absolute Gasteiger partial charge is 0.407 e. The molecular formula is C24H24N2O5. The van der Waals surface area contributed by atoms with Crippen molar-refractivity contribution in [3.63, 3.8) is 0 Å². The van der Waals surface area contributed by atoms with E-state index in [4.69, 9.17) is 14.6 Å². The molecule has 0 radical (unpaired) electrons. The molecule has 2 amide bonds.